The van der Waals surface area contributed by atoms with Crippen LogP contribution in [0.5, 0.6) is 0 Å². The molecule has 0 aliphatic carbocycles. The Morgan fingerprint density at radius 3 is 2.61 bits per heavy atom. The highest BCUT2D eigenvalue weighted by Gasteiger charge is 2.12. The van der Waals surface area contributed by atoms with Gasteiger partial charge in [0.05, 0.1) is 0 Å². The monoisotopic (exact) mass is 247 g/mol. The van der Waals surface area contributed by atoms with Crippen molar-refractivity contribution in [1.82, 2.24) is 5.32 Å². The van der Waals surface area contributed by atoms with E-state index in [0.29, 0.717) is 6.42 Å². The van der Waals surface area contributed by atoms with Crippen LogP contribution in [0.1, 0.15) is 31.9 Å². The standard InChI is InChI=1S/C14H21N3O/c1-11(2)8-9-16-13(10-14(15)17-18)12-6-4-3-5-7-12/h3-8,13,16,18H,9-10H2,1-2H3,(H2,15,17). The van der Waals surface area contributed by atoms with Gasteiger partial charge in [0, 0.05) is 19.0 Å². The first-order valence-corrected chi connectivity index (χ1v) is 6.01. The molecular weight excluding hydrogens is 226 g/mol. The number of amidine groups is 1. The lowest BCUT2D eigenvalue weighted by atomic mass is 10.0. The predicted octanol–water partition coefficient (Wildman–Crippen LogP) is 2.42. The molecule has 1 unspecified atom stereocenters. The van der Waals surface area contributed by atoms with Gasteiger partial charge in [0.15, 0.2) is 0 Å². The van der Waals surface area contributed by atoms with Gasteiger partial charge in [-0.25, -0.2) is 0 Å². The first kappa shape index (κ1) is 14.3. The molecule has 0 aromatic heterocycles. The fraction of sp³-hybridized carbons (Fsp3) is 0.357. The average Bonchev–Trinajstić information content (AvgIpc) is 2.38. The highest BCUT2D eigenvalue weighted by atomic mass is 16.4. The Kier molecular flexibility index (Phi) is 5.94. The Bertz CT molecular complexity index is 408. The van der Waals surface area contributed by atoms with Gasteiger partial charge in [-0.15, -0.1) is 0 Å². The van der Waals surface area contributed by atoms with Gasteiger partial charge in [-0.05, 0) is 19.4 Å². The van der Waals surface area contributed by atoms with Crippen LogP contribution in [0.2, 0.25) is 0 Å². The Morgan fingerprint density at radius 1 is 1.39 bits per heavy atom. The topological polar surface area (TPSA) is 70.6 Å². The van der Waals surface area contributed by atoms with Gasteiger partial charge >= 0.3 is 0 Å². The highest BCUT2D eigenvalue weighted by molar-refractivity contribution is 5.80. The van der Waals surface area contributed by atoms with Crippen LogP contribution in [0.25, 0.3) is 0 Å². The molecule has 4 heteroatoms. The number of nitrogens with two attached hydrogens (primary N) is 1. The summed E-state index contributed by atoms with van der Waals surface area (Å²) in [6.07, 6.45) is 2.60. The first-order valence-electron chi connectivity index (χ1n) is 6.01. The highest BCUT2D eigenvalue weighted by Crippen LogP contribution is 2.16. The molecule has 1 aromatic rings. The molecule has 4 N–H and O–H groups in total. The van der Waals surface area contributed by atoms with Gasteiger partial charge in [0.2, 0.25) is 0 Å². The Morgan fingerprint density at radius 2 is 2.06 bits per heavy atom. The van der Waals surface area contributed by atoms with Crippen LogP contribution in [0.15, 0.2) is 47.1 Å². The number of nitrogens with one attached hydrogen (secondary N) is 1. The molecule has 0 saturated heterocycles. The largest absolute Gasteiger partial charge is 0.409 e. The zero-order chi connectivity index (χ0) is 13.4. The SMILES string of the molecule is CC(C)=CCNC(C/C(N)=N/O)c1ccccc1. The summed E-state index contributed by atoms with van der Waals surface area (Å²) >= 11 is 0. The molecule has 98 valence electrons. The lowest BCUT2D eigenvalue weighted by Crippen LogP contribution is -2.27. The summed E-state index contributed by atoms with van der Waals surface area (Å²) in [6.45, 7) is 4.88. The lowest BCUT2D eigenvalue weighted by Gasteiger charge is -2.17. The second-order valence-electron chi connectivity index (χ2n) is 4.45. The fourth-order valence-corrected chi connectivity index (χ4v) is 1.65. The van der Waals surface area contributed by atoms with E-state index >= 15 is 0 Å². The van der Waals surface area contributed by atoms with E-state index in [1.807, 2.05) is 30.3 Å². The van der Waals surface area contributed by atoms with Crippen LogP contribution in [-0.4, -0.2) is 17.6 Å². The molecular formula is C14H21N3O. The first-order chi connectivity index (χ1) is 8.63. The third-order valence-corrected chi connectivity index (χ3v) is 2.62. The molecule has 0 heterocycles. The van der Waals surface area contributed by atoms with E-state index in [0.717, 1.165) is 12.1 Å². The van der Waals surface area contributed by atoms with Gasteiger partial charge in [-0.3, -0.25) is 0 Å². The minimum absolute atomic E-state index is 0.0534. The molecule has 18 heavy (non-hydrogen) atoms. The molecule has 0 spiro atoms. The normalized spacial score (nSPS) is 13.1. The van der Waals surface area contributed by atoms with Crippen molar-refractivity contribution >= 4 is 5.84 Å². The second-order valence-corrected chi connectivity index (χ2v) is 4.45. The summed E-state index contributed by atoms with van der Waals surface area (Å²) in [5, 5.41) is 15.1. The van der Waals surface area contributed by atoms with Gasteiger partial charge in [0.25, 0.3) is 0 Å². The predicted molar refractivity (Wildman–Crippen MR) is 74.6 cm³/mol. The number of rotatable bonds is 6. The number of benzene rings is 1. The third kappa shape index (κ3) is 5.01. The van der Waals surface area contributed by atoms with Crippen molar-refractivity contribution in [1.29, 1.82) is 0 Å². The van der Waals surface area contributed by atoms with Crippen molar-refractivity contribution in [3.05, 3.63) is 47.5 Å². The minimum atomic E-state index is 0.0534. The maximum atomic E-state index is 8.67. The number of hydrogen-bond donors (Lipinski definition) is 3. The maximum Gasteiger partial charge on any atom is 0.141 e. The van der Waals surface area contributed by atoms with Crippen LogP contribution >= 0.6 is 0 Å². The summed E-state index contributed by atoms with van der Waals surface area (Å²) in [7, 11) is 0. The Balaban J connectivity index is 2.72. The molecule has 0 saturated carbocycles. The average molecular weight is 247 g/mol. The van der Waals surface area contributed by atoms with E-state index in [1.54, 1.807) is 0 Å². The number of hydrogen-bond acceptors (Lipinski definition) is 3. The van der Waals surface area contributed by atoms with E-state index < -0.39 is 0 Å². The maximum absolute atomic E-state index is 8.67. The van der Waals surface area contributed by atoms with Crippen molar-refractivity contribution in [2.75, 3.05) is 6.54 Å². The van der Waals surface area contributed by atoms with E-state index in [1.165, 1.54) is 5.57 Å². The van der Waals surface area contributed by atoms with E-state index in [-0.39, 0.29) is 11.9 Å². The second kappa shape index (κ2) is 7.50. The quantitative estimate of drug-likeness (QED) is 0.238. The summed E-state index contributed by atoms with van der Waals surface area (Å²) in [6, 6.07) is 10.1. The fourth-order valence-electron chi connectivity index (χ4n) is 1.65. The zero-order valence-electron chi connectivity index (χ0n) is 10.9. The summed E-state index contributed by atoms with van der Waals surface area (Å²) in [5.74, 6) is 0.230. The van der Waals surface area contributed by atoms with E-state index in [9.17, 15) is 0 Å². The minimum Gasteiger partial charge on any atom is -0.409 e. The molecule has 1 atom stereocenters. The molecule has 0 fully saturated rings. The molecule has 0 bridgehead atoms. The Labute approximate surface area is 108 Å². The zero-order valence-corrected chi connectivity index (χ0v) is 10.9. The van der Waals surface area contributed by atoms with Crippen molar-refractivity contribution in [2.45, 2.75) is 26.3 Å². The molecule has 4 nitrogen and oxygen atoms in total. The van der Waals surface area contributed by atoms with Gasteiger partial charge < -0.3 is 16.3 Å². The van der Waals surface area contributed by atoms with Crippen molar-refractivity contribution in [3.63, 3.8) is 0 Å². The van der Waals surface area contributed by atoms with Crippen LogP contribution in [0, 0.1) is 0 Å². The van der Waals surface area contributed by atoms with Crippen molar-refractivity contribution in [3.8, 4) is 0 Å². The van der Waals surface area contributed by atoms with Gasteiger partial charge in [-0.1, -0.05) is 47.1 Å². The lowest BCUT2D eigenvalue weighted by molar-refractivity contribution is 0.315. The summed E-state index contributed by atoms with van der Waals surface area (Å²) in [4.78, 5) is 0. The van der Waals surface area contributed by atoms with Crippen molar-refractivity contribution in [2.24, 2.45) is 10.9 Å². The van der Waals surface area contributed by atoms with Crippen LogP contribution in [0.3, 0.4) is 0 Å². The molecule has 1 rings (SSSR count). The summed E-state index contributed by atoms with van der Waals surface area (Å²) < 4.78 is 0. The van der Waals surface area contributed by atoms with Gasteiger partial charge in [-0.2, -0.15) is 0 Å². The van der Waals surface area contributed by atoms with Crippen LogP contribution < -0.4 is 11.1 Å². The summed E-state index contributed by atoms with van der Waals surface area (Å²) in [5.41, 5.74) is 7.98. The van der Waals surface area contributed by atoms with Gasteiger partial charge in [0.1, 0.15) is 5.84 Å². The Hall–Kier alpha value is -1.81. The number of allylic oxidation sites excluding steroid dienone is 1. The molecule has 0 aliphatic heterocycles. The number of oxime groups is 1. The number of nitrogens with zero attached hydrogens (tertiary/aromatic N) is 1. The molecule has 1 aromatic carbocycles. The van der Waals surface area contributed by atoms with E-state index in [2.05, 4.69) is 30.4 Å². The third-order valence-electron chi connectivity index (χ3n) is 2.62. The van der Waals surface area contributed by atoms with E-state index in [4.69, 9.17) is 10.9 Å². The van der Waals surface area contributed by atoms with Crippen LogP contribution in [-0.2, 0) is 0 Å². The molecule has 0 amide bonds. The van der Waals surface area contributed by atoms with Crippen LogP contribution in [0.4, 0.5) is 0 Å². The molecule has 0 aliphatic rings. The van der Waals surface area contributed by atoms with Crippen molar-refractivity contribution < 1.29 is 5.21 Å². The molecule has 0 radical (unpaired) electrons. The smallest absolute Gasteiger partial charge is 0.141 e.